The number of nitrogens with one attached hydrogen (secondary N) is 2. The zero-order valence-electron chi connectivity index (χ0n) is 12.3. The van der Waals surface area contributed by atoms with Gasteiger partial charge in [0.05, 0.1) is 0 Å². The molecular formula is C15H28N2S. The highest BCUT2D eigenvalue weighted by Crippen LogP contribution is 2.67. The van der Waals surface area contributed by atoms with Crippen LogP contribution >= 0.6 is 12.2 Å². The zero-order chi connectivity index (χ0) is 13.4. The molecule has 0 bridgehead atoms. The summed E-state index contributed by atoms with van der Waals surface area (Å²) in [6, 6.07) is 0.610. The minimum atomic E-state index is 0.445. The van der Waals surface area contributed by atoms with Crippen LogP contribution in [-0.2, 0) is 0 Å². The Hall–Kier alpha value is -0.310. The Labute approximate surface area is 117 Å². The van der Waals surface area contributed by atoms with E-state index in [0.717, 1.165) is 17.6 Å². The van der Waals surface area contributed by atoms with Crippen molar-refractivity contribution in [1.82, 2.24) is 10.6 Å². The van der Waals surface area contributed by atoms with Gasteiger partial charge in [-0.2, -0.15) is 0 Å². The molecule has 0 spiro atoms. The van der Waals surface area contributed by atoms with Crippen molar-refractivity contribution in [1.29, 1.82) is 0 Å². The molecule has 2 saturated carbocycles. The number of hydrogen-bond donors (Lipinski definition) is 2. The predicted molar refractivity (Wildman–Crippen MR) is 81.7 cm³/mol. The molecular weight excluding hydrogens is 240 g/mol. The molecule has 2 fully saturated rings. The van der Waals surface area contributed by atoms with E-state index >= 15 is 0 Å². The van der Waals surface area contributed by atoms with Crippen LogP contribution in [0.3, 0.4) is 0 Å². The summed E-state index contributed by atoms with van der Waals surface area (Å²) in [5.74, 6) is 0.733. The van der Waals surface area contributed by atoms with Crippen molar-refractivity contribution in [3.8, 4) is 0 Å². The molecule has 0 unspecified atom stereocenters. The highest BCUT2D eigenvalue weighted by Gasteiger charge is 2.64. The van der Waals surface area contributed by atoms with Gasteiger partial charge in [0.15, 0.2) is 5.11 Å². The lowest BCUT2D eigenvalue weighted by Crippen LogP contribution is -2.43. The monoisotopic (exact) mass is 268 g/mol. The Bertz CT molecular complexity index is 302. The zero-order valence-corrected chi connectivity index (χ0v) is 13.1. The molecule has 0 radical (unpaired) electrons. The summed E-state index contributed by atoms with van der Waals surface area (Å²) in [6.45, 7) is 10.4. The van der Waals surface area contributed by atoms with E-state index < -0.39 is 0 Å². The van der Waals surface area contributed by atoms with E-state index in [1.807, 2.05) is 0 Å². The van der Waals surface area contributed by atoms with Crippen molar-refractivity contribution in [2.75, 3.05) is 6.54 Å². The third kappa shape index (κ3) is 2.66. The SMILES string of the molecule is CC1(C)C(CNC(=S)NC2CCCCC2)C1(C)C. The molecule has 2 rings (SSSR count). The summed E-state index contributed by atoms with van der Waals surface area (Å²) in [6.07, 6.45) is 6.65. The van der Waals surface area contributed by atoms with E-state index in [2.05, 4.69) is 38.3 Å². The first-order valence-corrected chi connectivity index (χ1v) is 7.81. The van der Waals surface area contributed by atoms with Gasteiger partial charge in [-0.3, -0.25) is 0 Å². The smallest absolute Gasteiger partial charge is 0.166 e. The van der Waals surface area contributed by atoms with E-state index in [9.17, 15) is 0 Å². The van der Waals surface area contributed by atoms with Crippen molar-refractivity contribution in [2.45, 2.75) is 65.8 Å². The van der Waals surface area contributed by atoms with Gasteiger partial charge < -0.3 is 10.6 Å². The molecule has 0 aromatic carbocycles. The lowest BCUT2D eigenvalue weighted by Gasteiger charge is -2.24. The third-order valence-corrected chi connectivity index (χ3v) is 5.99. The maximum Gasteiger partial charge on any atom is 0.166 e. The fourth-order valence-corrected chi connectivity index (χ4v) is 3.77. The van der Waals surface area contributed by atoms with Crippen LogP contribution < -0.4 is 10.6 Å². The molecule has 2 N–H and O–H groups in total. The fraction of sp³-hybridized carbons (Fsp3) is 0.933. The molecule has 2 aliphatic carbocycles. The molecule has 0 heterocycles. The van der Waals surface area contributed by atoms with Crippen LogP contribution in [0.1, 0.15) is 59.8 Å². The van der Waals surface area contributed by atoms with Gasteiger partial charge in [0.1, 0.15) is 0 Å². The van der Waals surface area contributed by atoms with Crippen molar-refractivity contribution in [3.05, 3.63) is 0 Å². The Kier molecular flexibility index (Phi) is 3.91. The fourth-order valence-electron chi connectivity index (χ4n) is 3.52. The average Bonchev–Trinajstić information content (AvgIpc) is 2.68. The van der Waals surface area contributed by atoms with Gasteiger partial charge in [-0.05, 0) is 41.8 Å². The molecule has 0 aliphatic heterocycles. The second-order valence-electron chi connectivity index (χ2n) is 7.19. The van der Waals surface area contributed by atoms with Gasteiger partial charge in [-0.1, -0.05) is 47.0 Å². The molecule has 0 atom stereocenters. The lowest BCUT2D eigenvalue weighted by atomic mass is 9.96. The van der Waals surface area contributed by atoms with Crippen molar-refractivity contribution in [2.24, 2.45) is 16.7 Å². The average molecular weight is 268 g/mol. The van der Waals surface area contributed by atoms with Crippen LogP contribution in [0.25, 0.3) is 0 Å². The van der Waals surface area contributed by atoms with Gasteiger partial charge in [-0.25, -0.2) is 0 Å². The van der Waals surface area contributed by atoms with Crippen LogP contribution in [0.4, 0.5) is 0 Å². The van der Waals surface area contributed by atoms with E-state index in [1.165, 1.54) is 32.1 Å². The normalized spacial score (nSPS) is 26.7. The first kappa shape index (κ1) is 14.1. The van der Waals surface area contributed by atoms with E-state index in [1.54, 1.807) is 0 Å². The van der Waals surface area contributed by atoms with Crippen molar-refractivity contribution >= 4 is 17.3 Å². The predicted octanol–water partition coefficient (Wildman–Crippen LogP) is 3.47. The van der Waals surface area contributed by atoms with Gasteiger partial charge in [0, 0.05) is 12.6 Å². The quantitative estimate of drug-likeness (QED) is 0.767. The highest BCUT2D eigenvalue weighted by molar-refractivity contribution is 7.80. The van der Waals surface area contributed by atoms with E-state index in [0.29, 0.717) is 16.9 Å². The second kappa shape index (κ2) is 4.99. The summed E-state index contributed by atoms with van der Waals surface area (Å²) in [5.41, 5.74) is 0.890. The standard InChI is InChI=1S/C15H28N2S/c1-14(2)12(15(14,3)4)10-16-13(18)17-11-8-6-5-7-9-11/h11-12H,5-10H2,1-4H3,(H2,16,17,18). The molecule has 18 heavy (non-hydrogen) atoms. The van der Waals surface area contributed by atoms with Crippen LogP contribution in [0, 0.1) is 16.7 Å². The van der Waals surface area contributed by atoms with Crippen molar-refractivity contribution in [3.63, 3.8) is 0 Å². The van der Waals surface area contributed by atoms with Gasteiger partial charge in [0.25, 0.3) is 0 Å². The number of thiocarbonyl (C=S) groups is 1. The van der Waals surface area contributed by atoms with Crippen LogP contribution in [0.5, 0.6) is 0 Å². The summed E-state index contributed by atoms with van der Waals surface area (Å²) >= 11 is 5.41. The van der Waals surface area contributed by atoms with Gasteiger partial charge in [0.2, 0.25) is 0 Å². The van der Waals surface area contributed by atoms with Crippen molar-refractivity contribution < 1.29 is 0 Å². The molecule has 2 aliphatic rings. The highest BCUT2D eigenvalue weighted by atomic mass is 32.1. The summed E-state index contributed by atoms with van der Waals surface area (Å²) in [4.78, 5) is 0. The van der Waals surface area contributed by atoms with Gasteiger partial charge in [-0.15, -0.1) is 0 Å². The molecule has 0 aromatic rings. The van der Waals surface area contributed by atoms with Crippen LogP contribution in [-0.4, -0.2) is 17.7 Å². The first-order chi connectivity index (χ1) is 8.35. The van der Waals surface area contributed by atoms with Gasteiger partial charge >= 0.3 is 0 Å². The molecule has 3 heteroatoms. The lowest BCUT2D eigenvalue weighted by molar-refractivity contribution is 0.411. The minimum Gasteiger partial charge on any atom is -0.362 e. The summed E-state index contributed by atoms with van der Waals surface area (Å²) < 4.78 is 0. The Morgan fingerprint density at radius 1 is 1.06 bits per heavy atom. The largest absolute Gasteiger partial charge is 0.362 e. The minimum absolute atomic E-state index is 0.445. The molecule has 104 valence electrons. The summed E-state index contributed by atoms with van der Waals surface area (Å²) in [7, 11) is 0. The second-order valence-corrected chi connectivity index (χ2v) is 7.59. The molecule has 2 nitrogen and oxygen atoms in total. The van der Waals surface area contributed by atoms with Crippen LogP contribution in [0.2, 0.25) is 0 Å². The van der Waals surface area contributed by atoms with Crippen LogP contribution in [0.15, 0.2) is 0 Å². The Balaban J connectivity index is 1.70. The number of hydrogen-bond acceptors (Lipinski definition) is 1. The van der Waals surface area contributed by atoms with E-state index in [4.69, 9.17) is 12.2 Å². The molecule has 0 saturated heterocycles. The van der Waals surface area contributed by atoms with E-state index in [-0.39, 0.29) is 0 Å². The maximum absolute atomic E-state index is 5.41. The summed E-state index contributed by atoms with van der Waals surface area (Å²) in [5, 5.41) is 7.76. The Morgan fingerprint density at radius 3 is 2.11 bits per heavy atom. The maximum atomic E-state index is 5.41. The third-order valence-electron chi connectivity index (χ3n) is 5.73. The first-order valence-electron chi connectivity index (χ1n) is 7.40. The topological polar surface area (TPSA) is 24.1 Å². The molecule has 0 aromatic heterocycles. The number of rotatable bonds is 3. The molecule has 0 amide bonds. The Morgan fingerprint density at radius 2 is 1.61 bits per heavy atom.